The van der Waals surface area contributed by atoms with Crippen LogP contribution in [-0.2, 0) is 16.1 Å². The third-order valence-electron chi connectivity index (χ3n) is 6.51. The zero-order valence-electron chi connectivity index (χ0n) is 20.3. The van der Waals surface area contributed by atoms with E-state index in [1.54, 1.807) is 12.1 Å². The van der Waals surface area contributed by atoms with Crippen molar-refractivity contribution >= 4 is 23.3 Å². The highest BCUT2D eigenvalue weighted by Crippen LogP contribution is 2.26. The first-order valence-corrected chi connectivity index (χ1v) is 12.1. The molecule has 1 saturated heterocycles. The summed E-state index contributed by atoms with van der Waals surface area (Å²) in [6.07, 6.45) is 1.71. The van der Waals surface area contributed by atoms with Crippen LogP contribution in [0.2, 0.25) is 0 Å². The largest absolute Gasteiger partial charge is 0.479 e. The van der Waals surface area contributed by atoms with Gasteiger partial charge in [-0.05, 0) is 37.9 Å². The molecule has 1 aliphatic heterocycles. The summed E-state index contributed by atoms with van der Waals surface area (Å²) in [5, 5.41) is 22.7. The van der Waals surface area contributed by atoms with E-state index in [-0.39, 0.29) is 11.9 Å². The molecule has 0 radical (unpaired) electrons. The minimum Gasteiger partial charge on any atom is -0.479 e. The summed E-state index contributed by atoms with van der Waals surface area (Å²) in [5.74, 6) is -1.34. The summed E-state index contributed by atoms with van der Waals surface area (Å²) in [6.45, 7) is 2.26. The van der Waals surface area contributed by atoms with Crippen LogP contribution >= 0.6 is 0 Å². The molecule has 0 spiro atoms. The van der Waals surface area contributed by atoms with E-state index in [0.717, 1.165) is 24.9 Å². The number of carbonyl (C=O) groups is 2. The number of carbonyl (C=O) groups excluding carboxylic acids is 1. The van der Waals surface area contributed by atoms with E-state index in [4.69, 9.17) is 0 Å². The smallest absolute Gasteiger partial charge is 0.333 e. The summed E-state index contributed by atoms with van der Waals surface area (Å²) < 4.78 is 0. The maximum atomic E-state index is 13.4. The molecule has 186 valence electrons. The molecule has 36 heavy (non-hydrogen) atoms. The first kappa shape index (κ1) is 25.3. The van der Waals surface area contributed by atoms with E-state index in [9.17, 15) is 19.8 Å². The van der Waals surface area contributed by atoms with Gasteiger partial charge < -0.3 is 15.5 Å². The van der Waals surface area contributed by atoms with E-state index in [1.165, 1.54) is 6.92 Å². The van der Waals surface area contributed by atoms with Crippen molar-refractivity contribution in [2.75, 3.05) is 18.5 Å². The first-order chi connectivity index (χ1) is 17.4. The average Bonchev–Trinajstić information content (AvgIpc) is 3.37. The van der Waals surface area contributed by atoms with Gasteiger partial charge in [-0.2, -0.15) is 0 Å². The van der Waals surface area contributed by atoms with Gasteiger partial charge in [0.1, 0.15) is 0 Å². The van der Waals surface area contributed by atoms with Crippen molar-refractivity contribution in [3.8, 4) is 0 Å². The number of hydrogen-bond donors (Lipinski definition) is 3. The lowest BCUT2D eigenvalue weighted by atomic mass is 9.97. The second-order valence-electron chi connectivity index (χ2n) is 9.21. The van der Waals surface area contributed by atoms with Crippen LogP contribution in [0.4, 0.5) is 5.69 Å². The van der Waals surface area contributed by atoms with Gasteiger partial charge in [0.05, 0.1) is 24.0 Å². The van der Waals surface area contributed by atoms with Crippen LogP contribution in [0.1, 0.15) is 36.5 Å². The van der Waals surface area contributed by atoms with Gasteiger partial charge in [0.25, 0.3) is 0 Å². The normalized spacial score (nSPS) is 17.9. The summed E-state index contributed by atoms with van der Waals surface area (Å²) in [5.41, 5.74) is 1.63. The molecule has 0 aliphatic carbocycles. The molecule has 7 nitrogen and oxygen atoms in total. The summed E-state index contributed by atoms with van der Waals surface area (Å²) in [6, 6.07) is 26.3. The Labute approximate surface area is 211 Å². The fraction of sp³-hybridized carbons (Fsp3) is 0.276. The van der Waals surface area contributed by atoms with Crippen molar-refractivity contribution in [3.05, 3.63) is 102 Å². The van der Waals surface area contributed by atoms with Gasteiger partial charge in [-0.3, -0.25) is 14.7 Å². The molecule has 0 saturated carbocycles. The number of likely N-dealkylation sites (tertiary alicyclic amines) is 1. The second kappa shape index (κ2) is 11.3. The van der Waals surface area contributed by atoms with E-state index < -0.39 is 18.1 Å². The number of carboxylic acid groups (broad SMARTS) is 1. The third-order valence-corrected chi connectivity index (χ3v) is 6.51. The minimum atomic E-state index is -1.74. The molecule has 1 unspecified atom stereocenters. The van der Waals surface area contributed by atoms with Gasteiger partial charge in [-0.15, -0.1) is 0 Å². The van der Waals surface area contributed by atoms with Crippen molar-refractivity contribution in [2.45, 2.75) is 37.9 Å². The number of carboxylic acids is 1. The first-order valence-electron chi connectivity index (χ1n) is 12.1. The number of anilines is 1. The van der Waals surface area contributed by atoms with Crippen molar-refractivity contribution < 1.29 is 19.8 Å². The fourth-order valence-corrected chi connectivity index (χ4v) is 4.42. The standard InChI is InChI=1S/C29H31N3O4/c1-29(20-33,28(35)36)31-26(22-13-6-3-7-14-22)23-15-8-9-16-24(23)30-27(34)25-17-10-18-32(25)19-21-11-4-2-5-12-21/h2-9,11-16,25,33H,10,17-20H2,1H3,(H,30,34)(H,35,36)/t25?,29-/m0/s1. The molecule has 1 heterocycles. The number of amides is 1. The molecule has 3 aromatic carbocycles. The molecule has 1 fully saturated rings. The van der Waals surface area contributed by atoms with E-state index in [1.807, 2.05) is 60.7 Å². The lowest BCUT2D eigenvalue weighted by Gasteiger charge is -2.25. The molecule has 2 atom stereocenters. The predicted molar refractivity (Wildman–Crippen MR) is 140 cm³/mol. The van der Waals surface area contributed by atoms with Crippen LogP contribution in [0.25, 0.3) is 0 Å². The van der Waals surface area contributed by atoms with Gasteiger partial charge >= 0.3 is 5.97 Å². The molecule has 4 rings (SSSR count). The van der Waals surface area contributed by atoms with Crippen LogP contribution in [0, 0.1) is 0 Å². The van der Waals surface area contributed by atoms with Crippen LogP contribution in [0.3, 0.4) is 0 Å². The monoisotopic (exact) mass is 485 g/mol. The Balaban J connectivity index is 1.66. The van der Waals surface area contributed by atoms with Crippen molar-refractivity contribution in [2.24, 2.45) is 4.99 Å². The summed E-state index contributed by atoms with van der Waals surface area (Å²) in [7, 11) is 0. The number of aliphatic hydroxyl groups is 1. The van der Waals surface area contributed by atoms with Crippen molar-refractivity contribution in [1.82, 2.24) is 4.90 Å². The highest BCUT2D eigenvalue weighted by atomic mass is 16.4. The lowest BCUT2D eigenvalue weighted by molar-refractivity contribution is -0.143. The minimum absolute atomic E-state index is 0.105. The molecule has 0 bridgehead atoms. The Morgan fingerprint density at radius 2 is 1.64 bits per heavy atom. The Kier molecular flexibility index (Phi) is 7.93. The fourth-order valence-electron chi connectivity index (χ4n) is 4.42. The number of hydrogen-bond acceptors (Lipinski definition) is 5. The van der Waals surface area contributed by atoms with Crippen molar-refractivity contribution in [1.29, 1.82) is 0 Å². The number of aliphatic carboxylic acids is 1. The number of rotatable bonds is 9. The molecular weight excluding hydrogens is 454 g/mol. The van der Waals surface area contributed by atoms with Gasteiger partial charge in [0, 0.05) is 17.7 Å². The number of benzene rings is 3. The summed E-state index contributed by atoms with van der Waals surface area (Å²) >= 11 is 0. The zero-order valence-corrected chi connectivity index (χ0v) is 20.3. The predicted octanol–water partition coefficient (Wildman–Crippen LogP) is 3.96. The topological polar surface area (TPSA) is 102 Å². The number of para-hydroxylation sites is 1. The number of nitrogens with zero attached hydrogens (tertiary/aromatic N) is 2. The Morgan fingerprint density at radius 1 is 1.00 bits per heavy atom. The van der Waals surface area contributed by atoms with Gasteiger partial charge in [-0.1, -0.05) is 78.9 Å². The SMILES string of the molecule is C[C@@](CO)(N=C(c1ccccc1)c1ccccc1NC(=O)C1CCCN1Cc1ccccc1)C(=O)O. The maximum Gasteiger partial charge on any atom is 0.333 e. The summed E-state index contributed by atoms with van der Waals surface area (Å²) in [4.78, 5) is 32.1. The lowest BCUT2D eigenvalue weighted by Crippen LogP contribution is -2.40. The maximum absolute atomic E-state index is 13.4. The molecule has 3 N–H and O–H groups in total. The Hall–Kier alpha value is -3.81. The quantitative estimate of drug-likeness (QED) is 0.398. The third kappa shape index (κ3) is 5.70. The second-order valence-corrected chi connectivity index (χ2v) is 9.21. The van der Waals surface area contributed by atoms with E-state index >= 15 is 0 Å². The van der Waals surface area contributed by atoms with Crippen LogP contribution < -0.4 is 5.32 Å². The van der Waals surface area contributed by atoms with E-state index in [0.29, 0.717) is 29.1 Å². The number of aliphatic hydroxyl groups excluding tert-OH is 1. The molecule has 1 amide bonds. The van der Waals surface area contributed by atoms with Gasteiger partial charge in [-0.25, -0.2) is 4.79 Å². The number of aliphatic imine (C=N–C) groups is 1. The van der Waals surface area contributed by atoms with Crippen molar-refractivity contribution in [3.63, 3.8) is 0 Å². The average molecular weight is 486 g/mol. The number of nitrogens with one attached hydrogen (secondary N) is 1. The van der Waals surface area contributed by atoms with Crippen LogP contribution in [0.5, 0.6) is 0 Å². The highest BCUT2D eigenvalue weighted by molar-refractivity contribution is 6.18. The molecule has 3 aromatic rings. The molecule has 0 aromatic heterocycles. The van der Waals surface area contributed by atoms with Gasteiger partial charge in [0.2, 0.25) is 5.91 Å². The zero-order chi connectivity index (χ0) is 25.5. The highest BCUT2D eigenvalue weighted by Gasteiger charge is 2.34. The molecule has 7 heteroatoms. The Bertz CT molecular complexity index is 1230. The molecular formula is C29H31N3O4. The van der Waals surface area contributed by atoms with E-state index in [2.05, 4.69) is 27.3 Å². The van der Waals surface area contributed by atoms with Gasteiger partial charge in [0.15, 0.2) is 5.54 Å². The Morgan fingerprint density at radius 3 is 2.31 bits per heavy atom. The molecule has 1 aliphatic rings. The van der Waals surface area contributed by atoms with Crippen LogP contribution in [0.15, 0.2) is 89.9 Å². The van der Waals surface area contributed by atoms with Crippen LogP contribution in [-0.4, -0.2) is 57.4 Å².